The minimum Gasteiger partial charge on any atom is -0.486 e. The first kappa shape index (κ1) is 10.3. The number of hydrogen-bond acceptors (Lipinski definition) is 5. The van der Waals surface area contributed by atoms with Gasteiger partial charge in [-0.25, -0.2) is 0 Å². The van der Waals surface area contributed by atoms with Crippen LogP contribution >= 0.6 is 0 Å². The van der Waals surface area contributed by atoms with Crippen LogP contribution < -0.4 is 14.8 Å². The zero-order chi connectivity index (χ0) is 11.4. The second kappa shape index (κ2) is 4.52. The minimum atomic E-state index is -0.537. The first-order valence-electron chi connectivity index (χ1n) is 4.68. The second-order valence-corrected chi connectivity index (χ2v) is 3.06. The van der Waals surface area contributed by atoms with E-state index >= 15 is 0 Å². The number of carbonyl (C=O) groups excluding carboxylic acids is 1. The van der Waals surface area contributed by atoms with Gasteiger partial charge in [-0.2, -0.15) is 0 Å². The molecule has 1 aliphatic heterocycles. The van der Waals surface area contributed by atoms with Crippen LogP contribution in [0.15, 0.2) is 23.4 Å². The SMILES string of the molecule is O=C(C=NO)Nc1cccc2c1OCCO2. The van der Waals surface area contributed by atoms with Crippen molar-refractivity contribution in [3.8, 4) is 11.5 Å². The highest BCUT2D eigenvalue weighted by molar-refractivity contribution is 6.31. The fraction of sp³-hybridized carbons (Fsp3) is 0.200. The fourth-order valence-electron chi connectivity index (χ4n) is 1.39. The van der Waals surface area contributed by atoms with Crippen LogP contribution in [0.25, 0.3) is 0 Å². The largest absolute Gasteiger partial charge is 0.486 e. The molecule has 6 heteroatoms. The predicted molar refractivity (Wildman–Crippen MR) is 56.3 cm³/mol. The standard InChI is InChI=1S/C10H10N2O4/c13-9(6-11-14)12-7-2-1-3-8-10(7)16-5-4-15-8/h1-3,6,14H,4-5H2,(H,12,13). The Morgan fingerprint density at radius 2 is 2.25 bits per heavy atom. The van der Waals surface area contributed by atoms with E-state index in [-0.39, 0.29) is 0 Å². The summed E-state index contributed by atoms with van der Waals surface area (Å²) in [6.45, 7) is 0.927. The van der Waals surface area contributed by atoms with Crippen LogP contribution in [0.3, 0.4) is 0 Å². The van der Waals surface area contributed by atoms with Gasteiger partial charge in [0.15, 0.2) is 11.5 Å². The molecule has 1 aromatic rings. The van der Waals surface area contributed by atoms with Crippen molar-refractivity contribution in [1.29, 1.82) is 0 Å². The molecule has 1 heterocycles. The molecular formula is C10H10N2O4. The molecule has 0 saturated heterocycles. The first-order valence-corrected chi connectivity index (χ1v) is 4.68. The van der Waals surface area contributed by atoms with E-state index in [1.165, 1.54) is 0 Å². The smallest absolute Gasteiger partial charge is 0.270 e. The van der Waals surface area contributed by atoms with Gasteiger partial charge in [-0.3, -0.25) is 4.79 Å². The third kappa shape index (κ3) is 2.05. The number of hydrogen-bond donors (Lipinski definition) is 2. The van der Waals surface area contributed by atoms with Crippen molar-refractivity contribution < 1.29 is 19.5 Å². The number of anilines is 1. The molecule has 0 unspecified atom stereocenters. The van der Waals surface area contributed by atoms with E-state index in [1.807, 2.05) is 0 Å². The number of para-hydroxylation sites is 1. The van der Waals surface area contributed by atoms with E-state index in [0.29, 0.717) is 30.4 Å². The van der Waals surface area contributed by atoms with Crippen molar-refractivity contribution in [2.75, 3.05) is 18.5 Å². The van der Waals surface area contributed by atoms with Gasteiger partial charge in [0, 0.05) is 0 Å². The van der Waals surface area contributed by atoms with Crippen LogP contribution in [0.1, 0.15) is 0 Å². The lowest BCUT2D eigenvalue weighted by atomic mass is 10.2. The van der Waals surface area contributed by atoms with Crippen molar-refractivity contribution in [1.82, 2.24) is 0 Å². The van der Waals surface area contributed by atoms with Gasteiger partial charge < -0.3 is 20.0 Å². The zero-order valence-corrected chi connectivity index (χ0v) is 8.34. The summed E-state index contributed by atoms with van der Waals surface area (Å²) in [5.74, 6) is 0.545. The van der Waals surface area contributed by atoms with E-state index < -0.39 is 5.91 Å². The summed E-state index contributed by atoms with van der Waals surface area (Å²) >= 11 is 0. The summed E-state index contributed by atoms with van der Waals surface area (Å²) in [6.07, 6.45) is 0.767. The number of oxime groups is 1. The number of ether oxygens (including phenoxy) is 2. The maximum atomic E-state index is 11.2. The average molecular weight is 222 g/mol. The van der Waals surface area contributed by atoms with Crippen LogP contribution in [0.4, 0.5) is 5.69 Å². The first-order chi connectivity index (χ1) is 7.81. The summed E-state index contributed by atoms with van der Waals surface area (Å²) in [7, 11) is 0. The van der Waals surface area contributed by atoms with Gasteiger partial charge in [-0.1, -0.05) is 11.2 Å². The van der Waals surface area contributed by atoms with Gasteiger partial charge in [0.2, 0.25) is 0 Å². The van der Waals surface area contributed by atoms with Gasteiger partial charge in [0.1, 0.15) is 19.4 Å². The van der Waals surface area contributed by atoms with E-state index in [0.717, 1.165) is 6.21 Å². The zero-order valence-electron chi connectivity index (χ0n) is 8.34. The van der Waals surface area contributed by atoms with Crippen molar-refractivity contribution in [3.05, 3.63) is 18.2 Å². The molecule has 0 bridgehead atoms. The van der Waals surface area contributed by atoms with Crippen molar-refractivity contribution in [3.63, 3.8) is 0 Å². The summed E-state index contributed by atoms with van der Waals surface area (Å²) in [4.78, 5) is 11.2. The summed E-state index contributed by atoms with van der Waals surface area (Å²) in [5.41, 5.74) is 0.488. The predicted octanol–water partition coefficient (Wildman–Crippen LogP) is 0.856. The molecule has 2 N–H and O–H groups in total. The summed E-state index contributed by atoms with van der Waals surface area (Å²) in [6, 6.07) is 5.17. The molecule has 1 aliphatic rings. The minimum absolute atomic E-state index is 0.438. The summed E-state index contributed by atoms with van der Waals surface area (Å²) in [5, 5.41) is 13.4. The van der Waals surface area contributed by atoms with Gasteiger partial charge in [0.25, 0.3) is 5.91 Å². The third-order valence-electron chi connectivity index (χ3n) is 2.00. The van der Waals surface area contributed by atoms with Crippen molar-refractivity contribution in [2.24, 2.45) is 5.16 Å². The van der Waals surface area contributed by atoms with Crippen LogP contribution in [0, 0.1) is 0 Å². The lowest BCUT2D eigenvalue weighted by Crippen LogP contribution is -2.19. The Kier molecular flexibility index (Phi) is 2.90. The highest BCUT2D eigenvalue weighted by Gasteiger charge is 2.16. The molecular weight excluding hydrogens is 212 g/mol. The van der Waals surface area contributed by atoms with Crippen LogP contribution in [-0.2, 0) is 4.79 Å². The molecule has 0 spiro atoms. The number of fused-ring (bicyclic) bond motifs is 1. The molecule has 2 rings (SSSR count). The molecule has 84 valence electrons. The molecule has 0 atom stereocenters. The lowest BCUT2D eigenvalue weighted by molar-refractivity contribution is -0.110. The maximum Gasteiger partial charge on any atom is 0.270 e. The number of nitrogens with one attached hydrogen (secondary N) is 1. The lowest BCUT2D eigenvalue weighted by Gasteiger charge is -2.20. The Labute approximate surface area is 91.5 Å². The van der Waals surface area contributed by atoms with Crippen molar-refractivity contribution >= 4 is 17.8 Å². The number of benzene rings is 1. The third-order valence-corrected chi connectivity index (χ3v) is 2.00. The number of nitrogens with zero attached hydrogens (tertiary/aromatic N) is 1. The Balaban J connectivity index is 2.24. The number of amides is 1. The molecule has 0 radical (unpaired) electrons. The maximum absolute atomic E-state index is 11.2. The van der Waals surface area contributed by atoms with Crippen LogP contribution in [-0.4, -0.2) is 30.5 Å². The molecule has 0 fully saturated rings. The molecule has 0 saturated carbocycles. The Bertz CT molecular complexity index is 431. The molecule has 0 aromatic heterocycles. The normalized spacial score (nSPS) is 13.8. The molecule has 16 heavy (non-hydrogen) atoms. The van der Waals surface area contributed by atoms with Crippen LogP contribution in [0.2, 0.25) is 0 Å². The quantitative estimate of drug-likeness (QED) is 0.441. The molecule has 0 aliphatic carbocycles. The van der Waals surface area contributed by atoms with E-state index in [2.05, 4.69) is 10.5 Å². The second-order valence-electron chi connectivity index (χ2n) is 3.06. The van der Waals surface area contributed by atoms with Gasteiger partial charge in [-0.15, -0.1) is 0 Å². The highest BCUT2D eigenvalue weighted by Crippen LogP contribution is 2.36. The Morgan fingerprint density at radius 1 is 1.44 bits per heavy atom. The summed E-state index contributed by atoms with van der Waals surface area (Å²) < 4.78 is 10.7. The van der Waals surface area contributed by atoms with E-state index in [9.17, 15) is 4.79 Å². The highest BCUT2D eigenvalue weighted by atomic mass is 16.6. The van der Waals surface area contributed by atoms with Gasteiger partial charge >= 0.3 is 0 Å². The van der Waals surface area contributed by atoms with E-state index in [4.69, 9.17) is 14.7 Å². The van der Waals surface area contributed by atoms with Gasteiger partial charge in [0.05, 0.1) is 5.69 Å². The van der Waals surface area contributed by atoms with Gasteiger partial charge in [-0.05, 0) is 12.1 Å². The Hall–Kier alpha value is -2.24. The van der Waals surface area contributed by atoms with Crippen molar-refractivity contribution in [2.45, 2.75) is 0 Å². The Morgan fingerprint density at radius 3 is 3.06 bits per heavy atom. The molecule has 1 amide bonds. The topological polar surface area (TPSA) is 80.2 Å². The average Bonchev–Trinajstić information content (AvgIpc) is 2.30. The number of carbonyl (C=O) groups is 1. The molecule has 6 nitrogen and oxygen atoms in total. The van der Waals surface area contributed by atoms with E-state index in [1.54, 1.807) is 18.2 Å². The van der Waals surface area contributed by atoms with Crippen LogP contribution in [0.5, 0.6) is 11.5 Å². The number of rotatable bonds is 2. The monoisotopic (exact) mass is 222 g/mol. The molecule has 1 aromatic carbocycles. The fourth-order valence-corrected chi connectivity index (χ4v) is 1.39.